The normalized spacial score (nSPS) is 20.8. The van der Waals surface area contributed by atoms with Crippen LogP contribution in [0.4, 0.5) is 34.1 Å². The second-order valence-electron chi connectivity index (χ2n) is 17.1. The number of rotatable bonds is 2. The molecule has 9 rings (SSSR count). The zero-order valence-corrected chi connectivity index (χ0v) is 29.0. The van der Waals surface area contributed by atoms with E-state index >= 15 is 0 Å². The standard InChI is InChI=1S/C44H45BN2/c1-41(2)26-42(3,4)31-23-29(21-22-30(31)41)47-38-20-14-19-37-40(38)45(34-17-12-13-18-36(34)46(37)28-15-10-9-11-16-28)35-24-32-33(25-39(35)47)44(7,8)27-43(32,5)6/h9-25H,26-27H2,1-8H3/i14D,19D,20D. The Kier molecular flexibility index (Phi) is 5.06. The summed E-state index contributed by atoms with van der Waals surface area (Å²) < 4.78 is 28.6. The largest absolute Gasteiger partial charge is 0.311 e. The molecule has 4 aliphatic rings. The summed E-state index contributed by atoms with van der Waals surface area (Å²) in [6.45, 7) is 18.7. The summed E-state index contributed by atoms with van der Waals surface area (Å²) >= 11 is 0. The highest BCUT2D eigenvalue weighted by Crippen LogP contribution is 2.54. The summed E-state index contributed by atoms with van der Waals surface area (Å²) in [6.07, 6.45) is 2.12. The Bertz CT molecular complexity index is 2290. The molecule has 0 unspecified atom stereocenters. The molecule has 2 heterocycles. The smallest absolute Gasteiger partial charge is 0.252 e. The van der Waals surface area contributed by atoms with Gasteiger partial charge in [-0.15, -0.1) is 0 Å². The highest BCUT2D eigenvalue weighted by Gasteiger charge is 2.48. The Morgan fingerprint density at radius 2 is 1.06 bits per heavy atom. The third-order valence-corrected chi connectivity index (χ3v) is 11.8. The van der Waals surface area contributed by atoms with Crippen LogP contribution in [0, 0.1) is 0 Å². The van der Waals surface area contributed by atoms with Gasteiger partial charge in [-0.3, -0.25) is 0 Å². The van der Waals surface area contributed by atoms with E-state index in [0.29, 0.717) is 5.69 Å². The third kappa shape index (κ3) is 3.92. The van der Waals surface area contributed by atoms with Gasteiger partial charge < -0.3 is 9.80 Å². The molecule has 2 nitrogen and oxygen atoms in total. The van der Waals surface area contributed by atoms with Crippen molar-refractivity contribution in [1.82, 2.24) is 0 Å². The Labute approximate surface area is 285 Å². The number of hydrogen-bond donors (Lipinski definition) is 0. The minimum Gasteiger partial charge on any atom is -0.311 e. The zero-order valence-electron chi connectivity index (χ0n) is 32.0. The summed E-state index contributed by atoms with van der Waals surface area (Å²) in [5.74, 6) is 0. The van der Waals surface area contributed by atoms with Gasteiger partial charge in [0.2, 0.25) is 0 Å². The van der Waals surface area contributed by atoms with Crippen molar-refractivity contribution in [2.45, 2.75) is 89.9 Å². The van der Waals surface area contributed by atoms with E-state index in [0.717, 1.165) is 52.2 Å². The van der Waals surface area contributed by atoms with Crippen LogP contribution in [-0.4, -0.2) is 6.71 Å². The summed E-state index contributed by atoms with van der Waals surface area (Å²) in [4.78, 5) is 4.47. The van der Waals surface area contributed by atoms with Crippen molar-refractivity contribution in [2.24, 2.45) is 0 Å². The van der Waals surface area contributed by atoms with Gasteiger partial charge in [0.15, 0.2) is 0 Å². The van der Waals surface area contributed by atoms with Gasteiger partial charge in [-0.25, -0.2) is 0 Å². The fraction of sp³-hybridized carbons (Fsp3) is 0.318. The van der Waals surface area contributed by atoms with Crippen LogP contribution in [0.25, 0.3) is 0 Å². The molecule has 0 radical (unpaired) electrons. The van der Waals surface area contributed by atoms with E-state index < -0.39 is 0 Å². The molecule has 2 aliphatic carbocycles. The number of para-hydroxylation sites is 2. The van der Waals surface area contributed by atoms with Crippen LogP contribution in [0.15, 0.2) is 103 Å². The predicted molar refractivity (Wildman–Crippen MR) is 202 cm³/mol. The molecule has 0 amide bonds. The Morgan fingerprint density at radius 1 is 0.511 bits per heavy atom. The van der Waals surface area contributed by atoms with E-state index in [9.17, 15) is 4.11 Å². The molecule has 0 saturated heterocycles. The average molecular weight is 616 g/mol. The molecule has 5 aromatic rings. The summed E-state index contributed by atoms with van der Waals surface area (Å²) in [7, 11) is 0. The zero-order chi connectivity index (χ0) is 35.3. The van der Waals surface area contributed by atoms with Gasteiger partial charge in [-0.1, -0.05) is 110 Å². The molecule has 3 heteroatoms. The van der Waals surface area contributed by atoms with E-state index in [-0.39, 0.29) is 46.5 Å². The lowest BCUT2D eigenvalue weighted by atomic mass is 9.33. The number of benzene rings is 5. The van der Waals surface area contributed by atoms with Gasteiger partial charge in [0.05, 0.1) is 4.11 Å². The molecule has 2 aliphatic heterocycles. The molecule has 0 bridgehead atoms. The van der Waals surface area contributed by atoms with Crippen LogP contribution in [-0.2, 0) is 21.7 Å². The van der Waals surface area contributed by atoms with E-state index in [1.165, 1.54) is 27.7 Å². The maximum atomic E-state index is 9.70. The van der Waals surface area contributed by atoms with Crippen molar-refractivity contribution in [3.05, 3.63) is 125 Å². The number of fused-ring (bicyclic) bond motifs is 6. The summed E-state index contributed by atoms with van der Waals surface area (Å²) in [5, 5.41) is 0. The fourth-order valence-electron chi connectivity index (χ4n) is 10.4. The lowest BCUT2D eigenvalue weighted by Crippen LogP contribution is -2.61. The second-order valence-corrected chi connectivity index (χ2v) is 17.1. The summed E-state index contributed by atoms with van der Waals surface area (Å²) in [5.41, 5.74) is 14.4. The third-order valence-electron chi connectivity index (χ3n) is 11.8. The van der Waals surface area contributed by atoms with E-state index in [1.54, 1.807) is 0 Å². The van der Waals surface area contributed by atoms with Crippen molar-refractivity contribution in [3.8, 4) is 0 Å². The highest BCUT2D eigenvalue weighted by molar-refractivity contribution is 7.00. The molecule has 5 aromatic carbocycles. The first-order chi connectivity index (χ1) is 23.5. The monoisotopic (exact) mass is 615 g/mol. The van der Waals surface area contributed by atoms with Gasteiger partial charge in [-0.2, -0.15) is 0 Å². The molecule has 234 valence electrons. The molecule has 0 aromatic heterocycles. The molecule has 47 heavy (non-hydrogen) atoms. The topological polar surface area (TPSA) is 6.48 Å². The molecule has 0 N–H and O–H groups in total. The second kappa shape index (κ2) is 9.22. The Morgan fingerprint density at radius 3 is 1.74 bits per heavy atom. The lowest BCUT2D eigenvalue weighted by molar-refractivity contribution is 0.403. The number of nitrogens with zero attached hydrogens (tertiary/aromatic N) is 2. The highest BCUT2D eigenvalue weighted by atomic mass is 15.2. The number of hydrogen-bond acceptors (Lipinski definition) is 2. The molecule has 0 spiro atoms. The van der Waals surface area contributed by atoms with Crippen LogP contribution >= 0.6 is 0 Å². The minimum absolute atomic E-state index is 0.00143. The van der Waals surface area contributed by atoms with Crippen molar-refractivity contribution in [1.29, 1.82) is 0 Å². The molecule has 0 atom stereocenters. The van der Waals surface area contributed by atoms with Crippen LogP contribution in [0.5, 0.6) is 0 Å². The van der Waals surface area contributed by atoms with Gasteiger partial charge >= 0.3 is 0 Å². The van der Waals surface area contributed by atoms with Gasteiger partial charge in [0, 0.05) is 34.1 Å². The van der Waals surface area contributed by atoms with E-state index in [2.05, 4.69) is 132 Å². The van der Waals surface area contributed by atoms with Gasteiger partial charge in [0.25, 0.3) is 6.71 Å². The lowest BCUT2D eigenvalue weighted by Gasteiger charge is -2.44. The SMILES string of the molecule is [2H]c1c([2H])c2c3c(c1[2H])N(c1ccc4c(c1)C(C)(C)CC4(C)C)c1cc4c(cc1B3c1ccccc1N2c1ccccc1)C(C)(C)CC4(C)C. The quantitative estimate of drug-likeness (QED) is 0.179. The van der Waals surface area contributed by atoms with Crippen molar-refractivity contribution in [2.75, 3.05) is 9.80 Å². The van der Waals surface area contributed by atoms with E-state index in [4.69, 9.17) is 0 Å². The predicted octanol–water partition coefficient (Wildman–Crippen LogP) is 9.69. The van der Waals surface area contributed by atoms with Crippen LogP contribution < -0.4 is 26.2 Å². The first kappa shape index (κ1) is 25.8. The molecular weight excluding hydrogens is 567 g/mol. The minimum atomic E-state index is -0.189. The average Bonchev–Trinajstić information content (AvgIpc) is 3.38. The van der Waals surface area contributed by atoms with Crippen LogP contribution in [0.3, 0.4) is 0 Å². The molecule has 0 fully saturated rings. The Hall–Kier alpha value is -4.24. The van der Waals surface area contributed by atoms with Gasteiger partial charge in [-0.05, 0) is 122 Å². The maximum absolute atomic E-state index is 9.70. The Balaban J connectivity index is 1.44. The van der Waals surface area contributed by atoms with Crippen molar-refractivity contribution in [3.63, 3.8) is 0 Å². The van der Waals surface area contributed by atoms with Crippen LogP contribution in [0.1, 0.15) is 94.6 Å². The van der Waals surface area contributed by atoms with E-state index in [1.807, 2.05) is 18.2 Å². The fourth-order valence-corrected chi connectivity index (χ4v) is 10.4. The summed E-state index contributed by atoms with van der Waals surface area (Å²) in [6, 6.07) is 30.8. The van der Waals surface area contributed by atoms with Crippen molar-refractivity contribution >= 4 is 57.2 Å². The van der Waals surface area contributed by atoms with Crippen LogP contribution in [0.2, 0.25) is 0 Å². The molecular formula is C44H45BN2. The first-order valence-electron chi connectivity index (χ1n) is 18.8. The maximum Gasteiger partial charge on any atom is 0.252 e. The number of anilines is 6. The van der Waals surface area contributed by atoms with Gasteiger partial charge in [0.1, 0.15) is 0 Å². The molecule has 0 saturated carbocycles. The van der Waals surface area contributed by atoms with Crippen molar-refractivity contribution < 1.29 is 4.11 Å². The first-order valence-corrected chi connectivity index (χ1v) is 17.3.